The maximum Gasteiger partial charge on any atom is 0.227 e. The minimum Gasteiger partial charge on any atom is -0.497 e. The van der Waals surface area contributed by atoms with Crippen molar-refractivity contribution < 1.29 is 19.0 Å². The summed E-state index contributed by atoms with van der Waals surface area (Å²) in [7, 11) is 4.96. The zero-order valence-electron chi connectivity index (χ0n) is 17.4. The number of ether oxygens (including phenoxy) is 3. The number of rotatable bonds is 8. The van der Waals surface area contributed by atoms with Gasteiger partial charge in [0, 0.05) is 42.9 Å². The topological polar surface area (TPSA) is 60.0 Å². The highest BCUT2D eigenvalue weighted by Crippen LogP contribution is 2.25. The van der Waals surface area contributed by atoms with Gasteiger partial charge in [-0.2, -0.15) is 0 Å². The second-order valence-electron chi connectivity index (χ2n) is 7.20. The molecule has 0 bridgehead atoms. The van der Waals surface area contributed by atoms with E-state index in [1.807, 2.05) is 47.4 Å². The van der Waals surface area contributed by atoms with E-state index in [9.17, 15) is 4.79 Å². The number of carbonyl (C=O) groups excluding carboxylic acids is 1. The molecule has 1 aliphatic rings. The standard InChI is InChI=1S/C23H30N2O4/c1-27-20-9-8-18(22(15-20)29-3)16-24-19-10-12-25(13-11-19)23(26)14-17-6-4-5-7-21(17)28-2/h4-9,15,19,24H,10-14,16H2,1-3H3. The first-order valence-corrected chi connectivity index (χ1v) is 9.98. The molecule has 1 heterocycles. The van der Waals surface area contributed by atoms with Crippen molar-refractivity contribution in [3.8, 4) is 17.2 Å². The molecule has 2 aromatic rings. The smallest absolute Gasteiger partial charge is 0.227 e. The largest absolute Gasteiger partial charge is 0.497 e. The highest BCUT2D eigenvalue weighted by molar-refractivity contribution is 5.79. The number of nitrogens with zero attached hydrogens (tertiary/aromatic N) is 1. The first-order chi connectivity index (χ1) is 14.1. The van der Waals surface area contributed by atoms with Gasteiger partial charge in [-0.3, -0.25) is 4.79 Å². The SMILES string of the molecule is COc1ccc(CNC2CCN(C(=O)Cc3ccccc3OC)CC2)c(OC)c1. The van der Waals surface area contributed by atoms with Crippen LogP contribution in [0.3, 0.4) is 0 Å². The third kappa shape index (κ3) is 5.41. The molecule has 0 aliphatic carbocycles. The van der Waals surface area contributed by atoms with Crippen molar-refractivity contribution in [2.75, 3.05) is 34.4 Å². The second kappa shape index (κ2) is 10.2. The number of para-hydroxylation sites is 1. The average Bonchev–Trinajstić information content (AvgIpc) is 2.78. The van der Waals surface area contributed by atoms with Gasteiger partial charge in [0.2, 0.25) is 5.91 Å². The Morgan fingerprint density at radius 2 is 1.69 bits per heavy atom. The number of nitrogens with one attached hydrogen (secondary N) is 1. The van der Waals surface area contributed by atoms with Gasteiger partial charge in [0.05, 0.1) is 27.8 Å². The maximum atomic E-state index is 12.7. The van der Waals surface area contributed by atoms with E-state index in [0.717, 1.165) is 60.9 Å². The minimum atomic E-state index is 0.157. The van der Waals surface area contributed by atoms with Crippen molar-refractivity contribution in [2.45, 2.75) is 31.8 Å². The molecule has 0 unspecified atom stereocenters. The Balaban J connectivity index is 1.49. The summed E-state index contributed by atoms with van der Waals surface area (Å²) in [5.41, 5.74) is 2.04. The molecule has 29 heavy (non-hydrogen) atoms. The Labute approximate surface area is 172 Å². The lowest BCUT2D eigenvalue weighted by Gasteiger charge is -2.33. The van der Waals surface area contributed by atoms with Gasteiger partial charge in [0.1, 0.15) is 17.2 Å². The summed E-state index contributed by atoms with van der Waals surface area (Å²) < 4.78 is 16.1. The van der Waals surface area contributed by atoms with Crippen molar-refractivity contribution >= 4 is 5.91 Å². The van der Waals surface area contributed by atoms with E-state index >= 15 is 0 Å². The molecule has 3 rings (SSSR count). The summed E-state index contributed by atoms with van der Waals surface area (Å²) in [5.74, 6) is 2.53. The van der Waals surface area contributed by atoms with Crippen LogP contribution < -0.4 is 19.5 Å². The van der Waals surface area contributed by atoms with Crippen LogP contribution >= 0.6 is 0 Å². The lowest BCUT2D eigenvalue weighted by atomic mass is 10.0. The molecule has 1 N–H and O–H groups in total. The van der Waals surface area contributed by atoms with Crippen LogP contribution in [0.25, 0.3) is 0 Å². The predicted octanol–water partition coefficient (Wildman–Crippen LogP) is 3.04. The quantitative estimate of drug-likeness (QED) is 0.741. The summed E-state index contributed by atoms with van der Waals surface area (Å²) in [5, 5.41) is 3.60. The van der Waals surface area contributed by atoms with E-state index in [0.29, 0.717) is 12.5 Å². The van der Waals surface area contributed by atoms with E-state index < -0.39 is 0 Å². The molecular weight excluding hydrogens is 368 g/mol. The van der Waals surface area contributed by atoms with Crippen LogP contribution in [-0.4, -0.2) is 51.3 Å². The molecule has 1 aliphatic heterocycles. The molecule has 0 atom stereocenters. The number of benzene rings is 2. The van der Waals surface area contributed by atoms with Gasteiger partial charge in [0.15, 0.2) is 0 Å². The van der Waals surface area contributed by atoms with Gasteiger partial charge >= 0.3 is 0 Å². The van der Waals surface area contributed by atoms with Crippen molar-refractivity contribution in [2.24, 2.45) is 0 Å². The molecule has 6 heteroatoms. The minimum absolute atomic E-state index is 0.157. The molecular formula is C23H30N2O4. The number of hydrogen-bond acceptors (Lipinski definition) is 5. The molecule has 6 nitrogen and oxygen atoms in total. The van der Waals surface area contributed by atoms with E-state index in [4.69, 9.17) is 14.2 Å². The fourth-order valence-corrected chi connectivity index (χ4v) is 3.71. The van der Waals surface area contributed by atoms with Gasteiger partial charge in [-0.25, -0.2) is 0 Å². The van der Waals surface area contributed by atoms with Crippen LogP contribution in [0.4, 0.5) is 0 Å². The lowest BCUT2D eigenvalue weighted by molar-refractivity contribution is -0.131. The van der Waals surface area contributed by atoms with Crippen LogP contribution in [0.15, 0.2) is 42.5 Å². The number of amides is 1. The van der Waals surface area contributed by atoms with Crippen molar-refractivity contribution in [3.63, 3.8) is 0 Å². The highest BCUT2D eigenvalue weighted by atomic mass is 16.5. The number of likely N-dealkylation sites (tertiary alicyclic amines) is 1. The second-order valence-corrected chi connectivity index (χ2v) is 7.20. The van der Waals surface area contributed by atoms with Crippen molar-refractivity contribution in [1.29, 1.82) is 0 Å². The zero-order valence-corrected chi connectivity index (χ0v) is 17.4. The zero-order chi connectivity index (χ0) is 20.6. The third-order valence-electron chi connectivity index (χ3n) is 5.46. The van der Waals surface area contributed by atoms with Gasteiger partial charge in [-0.15, -0.1) is 0 Å². The van der Waals surface area contributed by atoms with Crippen LogP contribution in [0, 0.1) is 0 Å². The first-order valence-electron chi connectivity index (χ1n) is 9.98. The number of carbonyl (C=O) groups is 1. The van der Waals surface area contributed by atoms with E-state index in [1.165, 1.54) is 0 Å². The highest BCUT2D eigenvalue weighted by Gasteiger charge is 2.23. The molecule has 0 saturated carbocycles. The maximum absolute atomic E-state index is 12.7. The van der Waals surface area contributed by atoms with Crippen LogP contribution in [0.1, 0.15) is 24.0 Å². The monoisotopic (exact) mass is 398 g/mol. The number of hydrogen-bond donors (Lipinski definition) is 1. The van der Waals surface area contributed by atoms with E-state index in [2.05, 4.69) is 5.32 Å². The average molecular weight is 399 g/mol. The molecule has 156 valence electrons. The summed E-state index contributed by atoms with van der Waals surface area (Å²) in [6.07, 6.45) is 2.26. The Morgan fingerprint density at radius 1 is 0.966 bits per heavy atom. The van der Waals surface area contributed by atoms with Gasteiger partial charge < -0.3 is 24.4 Å². The predicted molar refractivity (Wildman–Crippen MR) is 113 cm³/mol. The Morgan fingerprint density at radius 3 is 2.38 bits per heavy atom. The summed E-state index contributed by atoms with van der Waals surface area (Å²) in [6, 6.07) is 14.0. The van der Waals surface area contributed by atoms with Crippen molar-refractivity contribution in [3.05, 3.63) is 53.6 Å². The number of piperidine rings is 1. The van der Waals surface area contributed by atoms with Crippen LogP contribution in [0.2, 0.25) is 0 Å². The molecule has 0 spiro atoms. The lowest BCUT2D eigenvalue weighted by Crippen LogP contribution is -2.45. The van der Waals surface area contributed by atoms with Gasteiger partial charge in [-0.05, 0) is 25.0 Å². The summed E-state index contributed by atoms with van der Waals surface area (Å²) in [6.45, 7) is 2.27. The fourth-order valence-electron chi connectivity index (χ4n) is 3.71. The Bertz CT molecular complexity index is 816. The Hall–Kier alpha value is -2.73. The summed E-state index contributed by atoms with van der Waals surface area (Å²) in [4.78, 5) is 14.6. The van der Waals surface area contributed by atoms with Crippen molar-refractivity contribution in [1.82, 2.24) is 10.2 Å². The van der Waals surface area contributed by atoms with Crippen LogP contribution in [-0.2, 0) is 17.8 Å². The van der Waals surface area contributed by atoms with Crippen LogP contribution in [0.5, 0.6) is 17.2 Å². The third-order valence-corrected chi connectivity index (χ3v) is 5.46. The summed E-state index contributed by atoms with van der Waals surface area (Å²) >= 11 is 0. The molecule has 0 aromatic heterocycles. The fraction of sp³-hybridized carbons (Fsp3) is 0.435. The first kappa shape index (κ1) is 21.0. The molecule has 1 saturated heterocycles. The van der Waals surface area contributed by atoms with E-state index in [-0.39, 0.29) is 5.91 Å². The normalized spacial score (nSPS) is 14.5. The molecule has 2 aromatic carbocycles. The van der Waals surface area contributed by atoms with Gasteiger partial charge in [0.25, 0.3) is 0 Å². The van der Waals surface area contributed by atoms with Gasteiger partial charge in [-0.1, -0.05) is 24.3 Å². The Kier molecular flexibility index (Phi) is 7.36. The number of methoxy groups -OCH3 is 3. The van der Waals surface area contributed by atoms with E-state index in [1.54, 1.807) is 21.3 Å². The molecule has 1 amide bonds. The molecule has 1 fully saturated rings. The molecule has 0 radical (unpaired) electrons.